The number of fused-ring (bicyclic) bond motifs is 3. The molecule has 10 aromatic rings. The molecular weight excluding hydrogens is 1390 g/mol. The van der Waals surface area contributed by atoms with Crippen LogP contribution in [-0.4, -0.2) is 148 Å². The number of nitrogens with zero attached hydrogens (tertiary/aromatic N) is 13. The highest BCUT2D eigenvalue weighted by atomic mass is 79.9. The number of amides is 3. The number of carbonyl (C=O) groups is 3. The molecule has 5 saturated heterocycles. The first-order valence-corrected chi connectivity index (χ1v) is 36.7. The summed E-state index contributed by atoms with van der Waals surface area (Å²) in [5.74, 6) is 3.80. The number of aromatic nitrogens is 6. The summed E-state index contributed by atoms with van der Waals surface area (Å²) in [6, 6.07) is 45.2. The number of piperidine rings is 1. The number of rotatable bonds is 19. The van der Waals surface area contributed by atoms with Crippen LogP contribution in [0.4, 0.5) is 11.4 Å². The average molecular weight is 1480 g/mol. The second-order valence-electron chi connectivity index (χ2n) is 27.6. The number of likely N-dealkylation sites (tertiary alicyclic amines) is 2. The molecule has 5 aliphatic heterocycles. The molecule has 0 bridgehead atoms. The largest absolute Gasteiger partial charge is 0.497 e. The molecule has 15 rings (SSSR count). The zero-order valence-corrected chi connectivity index (χ0v) is 61.7. The highest BCUT2D eigenvalue weighted by Gasteiger charge is 2.39. The number of carbonyl (C=O) groups excluding carboxylic acids is 3. The Morgan fingerprint density at radius 3 is 1.29 bits per heavy atom. The minimum absolute atomic E-state index is 0.0131. The maximum absolute atomic E-state index is 13.1. The van der Waals surface area contributed by atoms with Crippen LogP contribution in [0.1, 0.15) is 113 Å². The Bertz CT molecular complexity index is 4890. The van der Waals surface area contributed by atoms with E-state index in [9.17, 15) is 30.2 Å². The topological polar surface area (TPSA) is 258 Å². The van der Waals surface area contributed by atoms with E-state index in [1.54, 1.807) is 46.4 Å². The molecule has 24 heteroatoms. The van der Waals surface area contributed by atoms with Gasteiger partial charge in [-0.05, 0) is 159 Å². The van der Waals surface area contributed by atoms with E-state index in [-0.39, 0.29) is 65.9 Å². The van der Waals surface area contributed by atoms with Gasteiger partial charge in [0.25, 0.3) is 0 Å². The van der Waals surface area contributed by atoms with Gasteiger partial charge in [0, 0.05) is 141 Å². The van der Waals surface area contributed by atoms with Crippen LogP contribution >= 0.6 is 15.9 Å². The van der Waals surface area contributed by atoms with Crippen LogP contribution in [0.3, 0.4) is 0 Å². The highest BCUT2D eigenvalue weighted by Crippen LogP contribution is 2.39. The first-order chi connectivity index (χ1) is 51.0. The Morgan fingerprint density at radius 2 is 0.886 bits per heavy atom. The summed E-state index contributed by atoms with van der Waals surface area (Å²) in [7, 11) is 3.28. The Kier molecular flexibility index (Phi) is 22.2. The van der Waals surface area contributed by atoms with Crippen molar-refractivity contribution in [3.8, 4) is 69.2 Å². The van der Waals surface area contributed by atoms with Gasteiger partial charge in [-0.3, -0.25) is 14.4 Å². The van der Waals surface area contributed by atoms with E-state index < -0.39 is 0 Å². The van der Waals surface area contributed by atoms with Crippen molar-refractivity contribution >= 4 is 61.6 Å². The zero-order chi connectivity index (χ0) is 73.4. The predicted octanol–water partition coefficient (Wildman–Crippen LogP) is 12.8. The predicted molar refractivity (Wildman–Crippen MR) is 403 cm³/mol. The van der Waals surface area contributed by atoms with Crippen LogP contribution in [-0.2, 0) is 14.4 Å². The molecule has 540 valence electrons. The molecule has 6 aromatic heterocycles. The van der Waals surface area contributed by atoms with Crippen molar-refractivity contribution in [2.75, 3.05) is 82.9 Å². The molecule has 2 N–H and O–H groups in total. The summed E-state index contributed by atoms with van der Waals surface area (Å²) < 4.78 is 35.5. The van der Waals surface area contributed by atoms with Crippen molar-refractivity contribution in [2.24, 2.45) is 17.8 Å². The van der Waals surface area contributed by atoms with Gasteiger partial charge in [-0.1, -0.05) is 48.5 Å². The number of methoxy groups -OCH3 is 2. The summed E-state index contributed by atoms with van der Waals surface area (Å²) in [5, 5.41) is 48.0. The third-order valence-electron chi connectivity index (χ3n) is 21.1. The molecular formula is C81H86BrN15O8. The number of hydrogen-bond acceptors (Lipinski definition) is 17. The first kappa shape index (κ1) is 72.2. The molecule has 5 fully saturated rings. The Balaban J connectivity index is 0.000000142. The van der Waals surface area contributed by atoms with E-state index in [1.807, 2.05) is 117 Å². The molecule has 105 heavy (non-hydrogen) atoms. The molecule has 0 saturated carbocycles. The van der Waals surface area contributed by atoms with Gasteiger partial charge in [-0.2, -0.15) is 31.1 Å². The summed E-state index contributed by atoms with van der Waals surface area (Å²) in [6.45, 7) is 18.1. The van der Waals surface area contributed by atoms with Gasteiger partial charge >= 0.3 is 0 Å². The monoisotopic (exact) mass is 1480 g/mol. The van der Waals surface area contributed by atoms with E-state index in [1.165, 1.54) is 36.8 Å². The molecule has 0 spiro atoms. The quantitative estimate of drug-likeness (QED) is 0.0762. The number of pyridine rings is 3. The fourth-order valence-electron chi connectivity index (χ4n) is 14.7. The lowest BCUT2D eigenvalue weighted by molar-refractivity contribution is -0.130. The van der Waals surface area contributed by atoms with Gasteiger partial charge in [-0.15, -0.1) is 0 Å². The van der Waals surface area contributed by atoms with Gasteiger partial charge < -0.3 is 53.9 Å². The maximum Gasteiger partial charge on any atom is 0.223 e. The Hall–Kier alpha value is -11.1. The second kappa shape index (κ2) is 32.3. The number of anilines is 2. The Labute approximate surface area is 619 Å². The van der Waals surface area contributed by atoms with Crippen LogP contribution in [0.15, 0.2) is 157 Å². The molecule has 8 atom stereocenters. The van der Waals surface area contributed by atoms with Crippen molar-refractivity contribution < 1.29 is 38.1 Å². The fourth-order valence-corrected chi connectivity index (χ4v) is 15.1. The van der Waals surface area contributed by atoms with Crippen molar-refractivity contribution in [1.29, 1.82) is 15.8 Å². The maximum atomic E-state index is 13.1. The summed E-state index contributed by atoms with van der Waals surface area (Å²) in [4.78, 5) is 46.2. The van der Waals surface area contributed by atoms with Crippen molar-refractivity contribution in [3.05, 3.63) is 185 Å². The molecule has 4 aromatic carbocycles. The Morgan fingerprint density at radius 1 is 0.486 bits per heavy atom. The van der Waals surface area contributed by atoms with Crippen molar-refractivity contribution in [1.82, 2.24) is 49.3 Å². The molecule has 3 amide bonds. The first-order valence-electron chi connectivity index (χ1n) is 35.9. The van der Waals surface area contributed by atoms with E-state index in [4.69, 9.17) is 23.7 Å². The van der Waals surface area contributed by atoms with Gasteiger partial charge in [0.15, 0.2) is 0 Å². The van der Waals surface area contributed by atoms with E-state index in [2.05, 4.69) is 125 Å². The smallest absolute Gasteiger partial charge is 0.223 e. The lowest BCUT2D eigenvalue weighted by atomic mass is 10.0. The van der Waals surface area contributed by atoms with Crippen LogP contribution in [0, 0.1) is 51.7 Å². The number of benzene rings is 4. The molecule has 5 aliphatic rings. The van der Waals surface area contributed by atoms with E-state index in [0.29, 0.717) is 89.4 Å². The van der Waals surface area contributed by atoms with Crippen LogP contribution in [0.5, 0.6) is 28.7 Å². The SMILES string of the molecule is COc1ccc([C@@H](C)N2C[C@H]([C@@H](C)Oc3cc(-c4ccc(N5CCCCC5)cc4)cn4ncc(C#N)c34)CC2=O)cc1.COc1ccc([C@@H](C)N2C[C@H]([C@@H](C)Oc3cc(Br)cn4ncc(C#N)c34)CC2=O)cc1.C[C@@H](Oc1cc(-c2ccc(N3CCNCC3)cc2)cn2ncc(C#N)c12)[C@H]1CNC(=O)C1. The summed E-state index contributed by atoms with van der Waals surface area (Å²) in [5.41, 5.74) is 11.9. The lowest BCUT2D eigenvalue weighted by Crippen LogP contribution is -2.43. The standard InChI is InChI=1S/C34H37N5O3.C24H26N6O2.C23H23BrN4O3/c1-23(25-9-13-31(41-3)14-10-25)38-21-27(18-33(38)40)24(2)42-32-17-28(22-39-34(32)29(19-35)20-36-39)26-7-11-30(12-8-26)37-15-5-4-6-16-37;1-16(18-11-23(31)27-13-18)32-22-10-19(15-30-24(22)20(12-25)14-28-30)17-2-4-21(5-3-17)29-8-6-26-7-9-29;1-14(16-4-6-20(30-3)7-5-16)27-12-17(8-22(27)29)15(2)31-21-9-19(24)13-28-23(21)18(10-25)11-26-28/h7-14,17,20,22-24,27H,4-6,15-16,18,21H2,1-3H3;2-5,10,14-16,18,26H,6-9,11,13H2,1H3,(H,27,31);4-7,9,11,13-15,17H,8,12H2,1-3H3/t23-,24-,27-;16-,18-;14-,15-,17-/m111/s1. The normalized spacial score (nSPS) is 18.8. The van der Waals surface area contributed by atoms with Crippen LogP contribution in [0.2, 0.25) is 0 Å². The zero-order valence-electron chi connectivity index (χ0n) is 60.1. The minimum Gasteiger partial charge on any atom is -0.497 e. The molecule has 23 nitrogen and oxygen atoms in total. The molecule has 0 radical (unpaired) electrons. The van der Waals surface area contributed by atoms with Gasteiger partial charge in [0.2, 0.25) is 17.7 Å². The minimum atomic E-state index is -0.246. The molecule has 0 unspecified atom stereocenters. The van der Waals surface area contributed by atoms with Gasteiger partial charge in [-0.25, -0.2) is 13.5 Å². The van der Waals surface area contributed by atoms with E-state index in [0.717, 1.165) is 88.6 Å². The number of hydrogen-bond donors (Lipinski definition) is 2. The fraction of sp³-hybridized carbons (Fsp3) is 0.370. The third-order valence-corrected chi connectivity index (χ3v) is 21.5. The summed E-state index contributed by atoms with van der Waals surface area (Å²) in [6.07, 6.45) is 14.8. The van der Waals surface area contributed by atoms with Gasteiger partial charge in [0.1, 0.15) is 98.5 Å². The van der Waals surface area contributed by atoms with Crippen molar-refractivity contribution in [3.63, 3.8) is 0 Å². The molecule has 0 aliphatic carbocycles. The average Bonchev–Trinajstić information content (AvgIpc) is 1.66. The summed E-state index contributed by atoms with van der Waals surface area (Å²) >= 11 is 3.47. The van der Waals surface area contributed by atoms with Crippen molar-refractivity contribution in [2.45, 2.75) is 104 Å². The van der Waals surface area contributed by atoms with Crippen LogP contribution < -0.4 is 44.1 Å². The number of ether oxygens (including phenoxy) is 5. The lowest BCUT2D eigenvalue weighted by Gasteiger charge is -2.29. The molecule has 11 heterocycles. The number of piperazine rings is 1. The van der Waals surface area contributed by atoms with Crippen LogP contribution in [0.25, 0.3) is 38.8 Å². The van der Waals surface area contributed by atoms with Gasteiger partial charge in [0.05, 0.1) is 44.9 Å². The van der Waals surface area contributed by atoms with E-state index >= 15 is 0 Å². The number of halogens is 1. The third kappa shape index (κ3) is 16.0. The number of nitriles is 3. The highest BCUT2D eigenvalue weighted by molar-refractivity contribution is 9.10. The number of nitrogens with one attached hydrogen (secondary N) is 2. The second-order valence-corrected chi connectivity index (χ2v) is 28.5.